The summed E-state index contributed by atoms with van der Waals surface area (Å²) in [6.45, 7) is -0.0350. The van der Waals surface area contributed by atoms with Gasteiger partial charge in [-0.25, -0.2) is 0 Å². The third-order valence-electron chi connectivity index (χ3n) is 5.54. The molecule has 4 aliphatic rings. The molecule has 0 aromatic rings. The summed E-state index contributed by atoms with van der Waals surface area (Å²) in [5.41, 5.74) is -0.625. The molecule has 4 rings (SSSR count). The average Bonchev–Trinajstić information content (AvgIpc) is 2.82. The number of ether oxygens (including phenoxy) is 1. The second-order valence-corrected chi connectivity index (χ2v) is 6.24. The van der Waals surface area contributed by atoms with E-state index in [0.29, 0.717) is 17.8 Å². The molecule has 0 saturated heterocycles. The van der Waals surface area contributed by atoms with E-state index in [1.54, 1.807) is 0 Å². The molecule has 88 valence electrons. The fourth-order valence-electron chi connectivity index (χ4n) is 5.35. The first kappa shape index (κ1) is 9.42. The molecule has 0 aromatic heterocycles. The average molecular weight is 224 g/mol. The fraction of sp³-hybridized carbons (Fsp3) is 0.917. The van der Waals surface area contributed by atoms with Crippen LogP contribution in [0.25, 0.3) is 0 Å². The van der Waals surface area contributed by atoms with Crippen LogP contribution in [0, 0.1) is 22.7 Å². The van der Waals surface area contributed by atoms with E-state index in [2.05, 4.69) is 0 Å². The van der Waals surface area contributed by atoms with Gasteiger partial charge in [-0.1, -0.05) is 0 Å². The summed E-state index contributed by atoms with van der Waals surface area (Å²) in [6, 6.07) is 0. The second-order valence-electron chi connectivity index (χ2n) is 6.24. The van der Waals surface area contributed by atoms with Crippen molar-refractivity contribution >= 4 is 5.97 Å². The van der Waals surface area contributed by atoms with Crippen molar-refractivity contribution in [3.63, 3.8) is 0 Å². The molecular formula is C12H16O4. The number of carbonyl (C=O) groups excluding carboxylic acids is 1. The summed E-state index contributed by atoms with van der Waals surface area (Å²) < 4.78 is 5.05. The lowest BCUT2D eigenvalue weighted by molar-refractivity contribution is -0.273. The molecule has 4 aliphatic carbocycles. The standard InChI is InChI=1S/C12H16O4/c13-1-2-16-9(14)11-5-10-3-7(10)4-12(15,6-11)8(10)11/h7-8,13,15H,1-6H2. The SMILES string of the molecule is O=C(OCCO)C12CC3(O)CC4CC4(C1)C32. The maximum atomic E-state index is 11.9. The Morgan fingerprint density at radius 2 is 2.19 bits per heavy atom. The first-order valence-electron chi connectivity index (χ1n) is 6.08. The monoisotopic (exact) mass is 224 g/mol. The third kappa shape index (κ3) is 0.721. The Morgan fingerprint density at radius 3 is 2.88 bits per heavy atom. The normalized spacial score (nSPS) is 59.1. The minimum Gasteiger partial charge on any atom is -0.463 e. The first-order valence-corrected chi connectivity index (χ1v) is 6.08. The molecule has 4 fully saturated rings. The summed E-state index contributed by atoms with van der Waals surface area (Å²) in [5, 5.41) is 19.0. The molecule has 5 atom stereocenters. The van der Waals surface area contributed by atoms with E-state index in [1.165, 1.54) is 6.42 Å². The molecule has 1 spiro atoms. The summed E-state index contributed by atoms with van der Waals surface area (Å²) in [6.07, 6.45) is 3.61. The summed E-state index contributed by atoms with van der Waals surface area (Å²) >= 11 is 0. The lowest BCUT2D eigenvalue weighted by Gasteiger charge is -2.67. The van der Waals surface area contributed by atoms with Gasteiger partial charge < -0.3 is 14.9 Å². The highest BCUT2D eigenvalue weighted by Gasteiger charge is 2.91. The molecule has 0 bridgehead atoms. The number of aliphatic hydroxyl groups excluding tert-OH is 1. The lowest BCUT2D eigenvalue weighted by Crippen LogP contribution is -2.72. The van der Waals surface area contributed by atoms with Gasteiger partial charge in [-0.3, -0.25) is 4.79 Å². The number of rotatable bonds is 3. The molecule has 0 radical (unpaired) electrons. The Morgan fingerprint density at radius 1 is 1.38 bits per heavy atom. The lowest BCUT2D eigenvalue weighted by atomic mass is 9.37. The molecule has 2 N–H and O–H groups in total. The van der Waals surface area contributed by atoms with Crippen molar-refractivity contribution in [1.82, 2.24) is 0 Å². The molecule has 4 nitrogen and oxygen atoms in total. The van der Waals surface area contributed by atoms with Crippen LogP contribution < -0.4 is 0 Å². The van der Waals surface area contributed by atoms with E-state index in [4.69, 9.17) is 9.84 Å². The van der Waals surface area contributed by atoms with Crippen molar-refractivity contribution in [2.45, 2.75) is 31.3 Å². The summed E-state index contributed by atoms with van der Waals surface area (Å²) in [5.74, 6) is 0.654. The second kappa shape index (κ2) is 2.31. The first-order chi connectivity index (χ1) is 7.57. The Bertz CT molecular complexity index is 384. The Balaban J connectivity index is 1.57. The van der Waals surface area contributed by atoms with E-state index in [9.17, 15) is 9.90 Å². The molecule has 4 saturated carbocycles. The largest absolute Gasteiger partial charge is 0.463 e. The maximum absolute atomic E-state index is 11.9. The quantitative estimate of drug-likeness (QED) is 0.666. The van der Waals surface area contributed by atoms with Gasteiger partial charge in [0.25, 0.3) is 0 Å². The van der Waals surface area contributed by atoms with Crippen molar-refractivity contribution in [3.05, 3.63) is 0 Å². The zero-order chi connectivity index (χ0) is 11.2. The van der Waals surface area contributed by atoms with Crippen LogP contribution in [0.1, 0.15) is 25.7 Å². The highest BCUT2D eigenvalue weighted by Crippen LogP contribution is 2.91. The Kier molecular flexibility index (Phi) is 1.36. The summed E-state index contributed by atoms with van der Waals surface area (Å²) in [7, 11) is 0. The van der Waals surface area contributed by atoms with Crippen LogP contribution in [-0.2, 0) is 9.53 Å². The highest BCUT2D eigenvalue weighted by atomic mass is 16.5. The maximum Gasteiger partial charge on any atom is 0.312 e. The third-order valence-corrected chi connectivity index (χ3v) is 5.54. The number of hydrogen-bond acceptors (Lipinski definition) is 4. The van der Waals surface area contributed by atoms with Crippen LogP contribution in [0.4, 0.5) is 0 Å². The van der Waals surface area contributed by atoms with Crippen LogP contribution in [0.3, 0.4) is 0 Å². The predicted octanol–water partition coefficient (Wildman–Crippen LogP) is 0.0730. The molecular weight excluding hydrogens is 208 g/mol. The fourth-order valence-corrected chi connectivity index (χ4v) is 5.35. The predicted molar refractivity (Wildman–Crippen MR) is 53.3 cm³/mol. The van der Waals surface area contributed by atoms with Crippen molar-refractivity contribution in [3.8, 4) is 0 Å². The van der Waals surface area contributed by atoms with E-state index in [0.717, 1.165) is 12.8 Å². The van der Waals surface area contributed by atoms with Gasteiger partial charge in [0.15, 0.2) is 0 Å². The molecule has 5 unspecified atom stereocenters. The van der Waals surface area contributed by atoms with Crippen LogP contribution >= 0.6 is 0 Å². The van der Waals surface area contributed by atoms with Gasteiger partial charge in [0.2, 0.25) is 0 Å². The van der Waals surface area contributed by atoms with Crippen LogP contribution in [0.2, 0.25) is 0 Å². The van der Waals surface area contributed by atoms with Gasteiger partial charge in [0.1, 0.15) is 6.61 Å². The zero-order valence-corrected chi connectivity index (χ0v) is 9.11. The number of carbonyl (C=O) groups is 1. The molecule has 16 heavy (non-hydrogen) atoms. The van der Waals surface area contributed by atoms with Gasteiger partial charge >= 0.3 is 5.97 Å². The number of esters is 1. The van der Waals surface area contributed by atoms with Crippen LogP contribution in [0.5, 0.6) is 0 Å². The molecule has 0 amide bonds. The van der Waals surface area contributed by atoms with Crippen molar-refractivity contribution in [1.29, 1.82) is 0 Å². The smallest absolute Gasteiger partial charge is 0.312 e. The molecule has 0 aliphatic heterocycles. The van der Waals surface area contributed by atoms with Crippen LogP contribution in [-0.4, -0.2) is 35.0 Å². The number of aliphatic hydroxyl groups is 2. The van der Waals surface area contributed by atoms with Crippen molar-refractivity contribution in [2.75, 3.05) is 13.2 Å². The Hall–Kier alpha value is -0.610. The molecule has 4 heteroatoms. The van der Waals surface area contributed by atoms with Gasteiger partial charge in [-0.15, -0.1) is 0 Å². The van der Waals surface area contributed by atoms with Crippen LogP contribution in [0.15, 0.2) is 0 Å². The number of hydrogen-bond donors (Lipinski definition) is 2. The van der Waals surface area contributed by atoms with E-state index < -0.39 is 5.60 Å². The topological polar surface area (TPSA) is 66.8 Å². The Labute approximate surface area is 93.6 Å². The summed E-state index contributed by atoms with van der Waals surface area (Å²) in [4.78, 5) is 11.9. The van der Waals surface area contributed by atoms with Crippen molar-refractivity contribution in [2.24, 2.45) is 22.7 Å². The zero-order valence-electron chi connectivity index (χ0n) is 9.11. The van der Waals surface area contributed by atoms with Gasteiger partial charge in [0, 0.05) is 5.92 Å². The van der Waals surface area contributed by atoms with Crippen molar-refractivity contribution < 1.29 is 19.7 Å². The van der Waals surface area contributed by atoms with E-state index >= 15 is 0 Å². The van der Waals surface area contributed by atoms with Gasteiger partial charge in [0.05, 0.1) is 17.6 Å². The van der Waals surface area contributed by atoms with Gasteiger partial charge in [-0.05, 0) is 37.0 Å². The molecule has 0 heterocycles. The van der Waals surface area contributed by atoms with Gasteiger partial charge in [-0.2, -0.15) is 0 Å². The molecule has 0 aromatic carbocycles. The minimum absolute atomic E-state index is 0.0855. The highest BCUT2D eigenvalue weighted by molar-refractivity contribution is 5.82. The minimum atomic E-state index is -0.556. The van der Waals surface area contributed by atoms with E-state index in [-0.39, 0.29) is 30.5 Å². The van der Waals surface area contributed by atoms with E-state index in [1.807, 2.05) is 0 Å².